The highest BCUT2D eigenvalue weighted by Crippen LogP contribution is 2.46. The molecule has 3 fully saturated rings. The van der Waals surface area contributed by atoms with Gasteiger partial charge in [0.2, 0.25) is 5.91 Å². The maximum atomic E-state index is 13.8. The summed E-state index contributed by atoms with van der Waals surface area (Å²) in [6.07, 6.45) is 0.256. The number of ether oxygens (including phenoxy) is 2. The van der Waals surface area contributed by atoms with Crippen molar-refractivity contribution in [2.45, 2.75) is 63.9 Å². The molecule has 0 radical (unpaired) electrons. The van der Waals surface area contributed by atoms with Crippen LogP contribution in [0.15, 0.2) is 18.3 Å². The van der Waals surface area contributed by atoms with Crippen LogP contribution in [0.5, 0.6) is 0 Å². The second-order valence-corrected chi connectivity index (χ2v) is 10.3. The largest absolute Gasteiger partial charge is 0.416 e. The van der Waals surface area contributed by atoms with Crippen molar-refractivity contribution in [3.05, 3.63) is 23.9 Å². The molecule has 1 aromatic heterocycles. The number of pyridine rings is 1. The van der Waals surface area contributed by atoms with Crippen molar-refractivity contribution in [3.8, 4) is 0 Å². The van der Waals surface area contributed by atoms with Crippen molar-refractivity contribution in [2.75, 3.05) is 51.4 Å². The molecule has 0 spiro atoms. The first-order chi connectivity index (χ1) is 16.6. The molecule has 1 aliphatic carbocycles. The van der Waals surface area contributed by atoms with E-state index >= 15 is 0 Å². The molecular weight excluding hydrogens is 461 g/mol. The van der Waals surface area contributed by atoms with E-state index in [9.17, 15) is 18.0 Å². The molecular formula is C25H37F3N4O3. The molecule has 1 aromatic rings. The van der Waals surface area contributed by atoms with Gasteiger partial charge in [-0.25, -0.2) is 4.98 Å². The number of carbonyl (C=O) groups excluding carboxylic acids is 1. The molecule has 2 saturated heterocycles. The lowest BCUT2D eigenvalue weighted by Gasteiger charge is -2.42. The van der Waals surface area contributed by atoms with Gasteiger partial charge in [-0.05, 0) is 43.7 Å². The summed E-state index contributed by atoms with van der Waals surface area (Å²) in [5.74, 6) is 0.668. The average molecular weight is 499 g/mol. The molecule has 1 amide bonds. The molecule has 3 aliphatic rings. The van der Waals surface area contributed by atoms with Gasteiger partial charge in [0, 0.05) is 58.2 Å². The number of rotatable bonds is 6. The molecule has 4 rings (SSSR count). The van der Waals surface area contributed by atoms with Crippen LogP contribution in [0.4, 0.5) is 19.0 Å². The monoisotopic (exact) mass is 498 g/mol. The second-order valence-electron chi connectivity index (χ2n) is 10.3. The highest BCUT2D eigenvalue weighted by atomic mass is 19.4. The van der Waals surface area contributed by atoms with Crippen LogP contribution in [-0.4, -0.2) is 80.5 Å². The number of amides is 1. The van der Waals surface area contributed by atoms with Crippen molar-refractivity contribution < 1.29 is 27.4 Å². The van der Waals surface area contributed by atoms with Crippen molar-refractivity contribution in [3.63, 3.8) is 0 Å². The maximum absolute atomic E-state index is 13.8. The Morgan fingerprint density at radius 3 is 2.66 bits per heavy atom. The van der Waals surface area contributed by atoms with Crippen LogP contribution < -0.4 is 10.2 Å². The van der Waals surface area contributed by atoms with Crippen LogP contribution in [-0.2, 0) is 20.4 Å². The Bertz CT molecular complexity index is 876. The Morgan fingerprint density at radius 1 is 1.26 bits per heavy atom. The van der Waals surface area contributed by atoms with Crippen molar-refractivity contribution in [2.24, 2.45) is 11.3 Å². The quantitative estimate of drug-likeness (QED) is 0.649. The molecule has 1 N–H and O–H groups in total. The fourth-order valence-electron chi connectivity index (χ4n) is 5.84. The lowest BCUT2D eigenvalue weighted by molar-refractivity contribution is -0.145. The predicted molar refractivity (Wildman–Crippen MR) is 126 cm³/mol. The summed E-state index contributed by atoms with van der Waals surface area (Å²) in [5.41, 5.74) is -1.13. The third-order valence-corrected chi connectivity index (χ3v) is 8.10. The van der Waals surface area contributed by atoms with Crippen LogP contribution in [0.1, 0.15) is 45.1 Å². The van der Waals surface area contributed by atoms with E-state index in [1.165, 1.54) is 6.20 Å². The Balaban J connectivity index is 1.38. The number of nitrogens with one attached hydrogen (secondary N) is 1. The summed E-state index contributed by atoms with van der Waals surface area (Å²) in [6, 6.07) is 2.54. The average Bonchev–Trinajstić information content (AvgIpc) is 3.29. The number of methoxy groups -OCH3 is 1. The van der Waals surface area contributed by atoms with Gasteiger partial charge in [-0.2, -0.15) is 13.2 Å². The minimum absolute atomic E-state index is 0.0195. The van der Waals surface area contributed by atoms with Gasteiger partial charge in [0.15, 0.2) is 0 Å². The minimum Gasteiger partial charge on any atom is -0.379 e. The molecule has 2 aliphatic heterocycles. The van der Waals surface area contributed by atoms with E-state index in [2.05, 4.69) is 24.1 Å². The Morgan fingerprint density at radius 2 is 2.00 bits per heavy atom. The first-order valence-electron chi connectivity index (χ1n) is 12.6. The third-order valence-electron chi connectivity index (χ3n) is 8.10. The highest BCUT2D eigenvalue weighted by molar-refractivity contribution is 5.84. The van der Waals surface area contributed by atoms with Crippen LogP contribution in [0.2, 0.25) is 0 Å². The fraction of sp³-hybridized carbons (Fsp3) is 0.760. The van der Waals surface area contributed by atoms with Crippen molar-refractivity contribution >= 4 is 11.7 Å². The number of anilines is 1. The van der Waals surface area contributed by atoms with Gasteiger partial charge in [0.25, 0.3) is 0 Å². The Labute approximate surface area is 205 Å². The third kappa shape index (κ3) is 5.59. The summed E-state index contributed by atoms with van der Waals surface area (Å²) in [4.78, 5) is 21.7. The molecule has 10 heteroatoms. The van der Waals surface area contributed by atoms with Gasteiger partial charge in [-0.15, -0.1) is 0 Å². The lowest BCUT2D eigenvalue weighted by atomic mass is 9.74. The first kappa shape index (κ1) is 26.2. The van der Waals surface area contributed by atoms with E-state index < -0.39 is 17.2 Å². The van der Waals surface area contributed by atoms with E-state index in [4.69, 9.17) is 9.47 Å². The Kier molecular flexibility index (Phi) is 7.92. The number of aromatic nitrogens is 1. The minimum atomic E-state index is -4.40. The normalized spacial score (nSPS) is 30.2. The molecule has 0 bridgehead atoms. The van der Waals surface area contributed by atoms with Gasteiger partial charge in [-0.1, -0.05) is 13.8 Å². The van der Waals surface area contributed by atoms with Crippen LogP contribution in [0.3, 0.4) is 0 Å². The van der Waals surface area contributed by atoms with E-state index in [-0.39, 0.29) is 30.0 Å². The zero-order valence-corrected chi connectivity index (χ0v) is 20.8. The van der Waals surface area contributed by atoms with E-state index in [0.29, 0.717) is 45.2 Å². The second kappa shape index (κ2) is 10.6. The molecule has 0 aromatic carbocycles. The standard InChI is InChI=1S/C25H37F3N4O3/c1-17(2)24(7-4-19(15-24)30-20-6-13-35-16-21(20)34-3)23(33)32-11-9-31(10-12-32)22-14-18(5-8-29-22)25(26,27)28/h5,8,14,17,19-21,30H,4,6-7,9-13,15-16H2,1-3H3/t19-,20?,21?,24+/m1/s1. The number of alkyl halides is 3. The van der Waals surface area contributed by atoms with Crippen LogP contribution in [0.25, 0.3) is 0 Å². The number of nitrogens with zero attached hydrogens (tertiary/aromatic N) is 3. The van der Waals surface area contributed by atoms with Crippen molar-refractivity contribution in [1.82, 2.24) is 15.2 Å². The van der Waals surface area contributed by atoms with Crippen LogP contribution >= 0.6 is 0 Å². The summed E-state index contributed by atoms with van der Waals surface area (Å²) in [5, 5.41) is 3.75. The zero-order chi connectivity index (χ0) is 25.2. The first-order valence-corrected chi connectivity index (χ1v) is 12.6. The molecule has 3 heterocycles. The van der Waals surface area contributed by atoms with E-state index in [0.717, 1.165) is 37.8 Å². The van der Waals surface area contributed by atoms with Crippen LogP contribution in [0, 0.1) is 11.3 Å². The Hall–Kier alpha value is -1.91. The summed E-state index contributed by atoms with van der Waals surface area (Å²) < 4.78 is 50.4. The van der Waals surface area contributed by atoms with Crippen molar-refractivity contribution in [1.29, 1.82) is 0 Å². The number of hydrogen-bond donors (Lipinski definition) is 1. The molecule has 1 saturated carbocycles. The zero-order valence-electron chi connectivity index (χ0n) is 20.8. The van der Waals surface area contributed by atoms with Gasteiger partial charge in [0.1, 0.15) is 5.82 Å². The van der Waals surface area contributed by atoms with Gasteiger partial charge < -0.3 is 24.6 Å². The van der Waals surface area contributed by atoms with E-state index in [1.807, 2.05) is 9.80 Å². The predicted octanol–water partition coefficient (Wildman–Crippen LogP) is 3.34. The van der Waals surface area contributed by atoms with Gasteiger partial charge >= 0.3 is 6.18 Å². The SMILES string of the molecule is COC1COCCC1N[C@@H]1CC[C@@](C(=O)N2CCN(c3cc(C(F)(F)F)ccn3)CC2)(C(C)C)C1. The molecule has 196 valence electrons. The summed E-state index contributed by atoms with van der Waals surface area (Å²) >= 11 is 0. The number of halogens is 3. The smallest absolute Gasteiger partial charge is 0.379 e. The highest BCUT2D eigenvalue weighted by Gasteiger charge is 2.50. The summed E-state index contributed by atoms with van der Waals surface area (Å²) in [7, 11) is 1.71. The molecule has 35 heavy (non-hydrogen) atoms. The lowest BCUT2D eigenvalue weighted by Crippen LogP contribution is -2.55. The molecule has 2 unspecified atom stereocenters. The number of carbonyl (C=O) groups is 1. The summed E-state index contributed by atoms with van der Waals surface area (Å²) in [6.45, 7) is 7.43. The fourth-order valence-corrected chi connectivity index (χ4v) is 5.84. The molecule has 7 nitrogen and oxygen atoms in total. The number of piperazine rings is 1. The van der Waals surface area contributed by atoms with Gasteiger partial charge in [-0.3, -0.25) is 4.79 Å². The maximum Gasteiger partial charge on any atom is 0.416 e. The van der Waals surface area contributed by atoms with Gasteiger partial charge in [0.05, 0.1) is 23.7 Å². The topological polar surface area (TPSA) is 66.9 Å². The number of hydrogen-bond acceptors (Lipinski definition) is 6. The molecule has 4 atom stereocenters. The van der Waals surface area contributed by atoms with E-state index in [1.54, 1.807) is 7.11 Å².